The number of hydrogen-bond acceptors (Lipinski definition) is 5. The van der Waals surface area contributed by atoms with Gasteiger partial charge in [0.2, 0.25) is 0 Å². The first-order valence-electron chi connectivity index (χ1n) is 8.22. The van der Waals surface area contributed by atoms with Crippen molar-refractivity contribution in [3.05, 3.63) is 53.7 Å². The number of para-hydroxylation sites is 1. The summed E-state index contributed by atoms with van der Waals surface area (Å²) < 4.78 is 4.77. The van der Waals surface area contributed by atoms with E-state index in [1.54, 1.807) is 42.3 Å². The van der Waals surface area contributed by atoms with Crippen molar-refractivity contribution < 1.29 is 14.3 Å². The highest BCUT2D eigenvalue weighted by molar-refractivity contribution is 5.96. The Kier molecular flexibility index (Phi) is 6.51. The summed E-state index contributed by atoms with van der Waals surface area (Å²) in [6, 6.07) is 10.5. The second-order valence-electron chi connectivity index (χ2n) is 5.67. The van der Waals surface area contributed by atoms with Crippen LogP contribution in [0.1, 0.15) is 40.5 Å². The summed E-state index contributed by atoms with van der Waals surface area (Å²) in [6.45, 7) is 2.81. The Morgan fingerprint density at radius 2 is 1.96 bits per heavy atom. The number of ether oxygens (including phenoxy) is 1. The van der Waals surface area contributed by atoms with Crippen molar-refractivity contribution in [1.82, 2.24) is 9.88 Å². The lowest BCUT2D eigenvalue weighted by Crippen LogP contribution is -2.27. The molecular weight excluding hydrogens is 318 g/mol. The predicted octanol–water partition coefficient (Wildman–Crippen LogP) is 3.48. The molecule has 6 nitrogen and oxygen atoms in total. The molecule has 1 heterocycles. The zero-order valence-electron chi connectivity index (χ0n) is 14.8. The molecule has 0 aliphatic heterocycles. The van der Waals surface area contributed by atoms with Gasteiger partial charge >= 0.3 is 5.97 Å². The zero-order chi connectivity index (χ0) is 18.2. The lowest BCUT2D eigenvalue weighted by Gasteiger charge is -2.16. The molecule has 132 valence electrons. The van der Waals surface area contributed by atoms with Crippen LogP contribution in [0.3, 0.4) is 0 Å². The van der Waals surface area contributed by atoms with E-state index in [9.17, 15) is 9.59 Å². The number of methoxy groups -OCH3 is 1. The van der Waals surface area contributed by atoms with Crippen molar-refractivity contribution in [3.8, 4) is 0 Å². The third-order valence-electron chi connectivity index (χ3n) is 3.80. The summed E-state index contributed by atoms with van der Waals surface area (Å²) in [5.41, 5.74) is 1.55. The summed E-state index contributed by atoms with van der Waals surface area (Å²) in [4.78, 5) is 30.1. The van der Waals surface area contributed by atoms with E-state index >= 15 is 0 Å². The van der Waals surface area contributed by atoms with Gasteiger partial charge in [0.15, 0.2) is 0 Å². The predicted molar refractivity (Wildman–Crippen MR) is 97.2 cm³/mol. The molecule has 0 unspecified atom stereocenters. The first kappa shape index (κ1) is 18.4. The minimum Gasteiger partial charge on any atom is -0.465 e. The Labute approximate surface area is 147 Å². The average molecular weight is 341 g/mol. The highest BCUT2D eigenvalue weighted by Gasteiger charge is 2.13. The number of nitrogens with zero attached hydrogens (tertiary/aromatic N) is 2. The van der Waals surface area contributed by atoms with Gasteiger partial charge in [-0.2, -0.15) is 0 Å². The lowest BCUT2D eigenvalue weighted by atomic mass is 10.1. The summed E-state index contributed by atoms with van der Waals surface area (Å²) in [5, 5.41) is 3.08. The quantitative estimate of drug-likeness (QED) is 0.781. The van der Waals surface area contributed by atoms with Gasteiger partial charge in [-0.1, -0.05) is 25.5 Å². The van der Waals surface area contributed by atoms with Gasteiger partial charge in [0.05, 0.1) is 23.9 Å². The van der Waals surface area contributed by atoms with Crippen molar-refractivity contribution in [3.63, 3.8) is 0 Å². The van der Waals surface area contributed by atoms with Crippen LogP contribution < -0.4 is 5.32 Å². The highest BCUT2D eigenvalue weighted by Crippen LogP contribution is 2.20. The molecule has 25 heavy (non-hydrogen) atoms. The van der Waals surface area contributed by atoms with Crippen LogP contribution >= 0.6 is 0 Å². The molecule has 0 fully saturated rings. The van der Waals surface area contributed by atoms with Crippen molar-refractivity contribution in [2.75, 3.05) is 26.0 Å². The molecule has 1 N–H and O–H groups in total. The summed E-state index contributed by atoms with van der Waals surface area (Å²) in [6.07, 6.45) is 3.55. The minimum absolute atomic E-state index is 0.0533. The molecule has 0 spiro atoms. The second kappa shape index (κ2) is 8.82. The van der Waals surface area contributed by atoms with Crippen molar-refractivity contribution >= 4 is 23.4 Å². The molecule has 0 radical (unpaired) electrons. The van der Waals surface area contributed by atoms with Gasteiger partial charge in [0.1, 0.15) is 5.82 Å². The summed E-state index contributed by atoms with van der Waals surface area (Å²) >= 11 is 0. The number of pyridine rings is 1. The van der Waals surface area contributed by atoms with E-state index < -0.39 is 5.97 Å². The molecule has 0 saturated heterocycles. The van der Waals surface area contributed by atoms with Gasteiger partial charge in [-0.25, -0.2) is 9.78 Å². The summed E-state index contributed by atoms with van der Waals surface area (Å²) in [7, 11) is 3.13. The maximum Gasteiger partial charge on any atom is 0.339 e. The Bertz CT molecular complexity index is 729. The topological polar surface area (TPSA) is 71.5 Å². The number of benzene rings is 1. The van der Waals surface area contributed by atoms with Crippen molar-refractivity contribution in [1.29, 1.82) is 0 Å². The minimum atomic E-state index is -0.424. The Hall–Kier alpha value is -2.89. The van der Waals surface area contributed by atoms with Gasteiger partial charge in [-0.05, 0) is 30.7 Å². The summed E-state index contributed by atoms with van der Waals surface area (Å²) in [5.74, 6) is 0.0685. The smallest absolute Gasteiger partial charge is 0.339 e. The van der Waals surface area contributed by atoms with E-state index in [-0.39, 0.29) is 5.91 Å². The molecule has 1 aromatic heterocycles. The fourth-order valence-electron chi connectivity index (χ4n) is 2.33. The van der Waals surface area contributed by atoms with E-state index in [1.165, 1.54) is 13.3 Å². The SMILES string of the molecule is CCCCN(C)C(=O)c1ccc(Nc2ccccc2C(=O)OC)nc1. The Morgan fingerprint density at radius 1 is 1.20 bits per heavy atom. The van der Waals surface area contributed by atoms with E-state index in [0.717, 1.165) is 19.4 Å². The molecule has 0 aliphatic rings. The zero-order valence-corrected chi connectivity index (χ0v) is 14.8. The van der Waals surface area contributed by atoms with Gasteiger partial charge < -0.3 is 15.0 Å². The second-order valence-corrected chi connectivity index (χ2v) is 5.67. The standard InChI is InChI=1S/C19H23N3O3/c1-4-5-12-22(2)18(23)14-10-11-17(20-13-14)21-16-9-7-6-8-15(16)19(24)25-3/h6-11,13H,4-5,12H2,1-3H3,(H,20,21). The number of aromatic nitrogens is 1. The van der Waals surface area contributed by atoms with Crippen molar-refractivity contribution in [2.45, 2.75) is 19.8 Å². The van der Waals surface area contributed by atoms with Crippen LogP contribution in [0.25, 0.3) is 0 Å². The van der Waals surface area contributed by atoms with Crippen LogP contribution in [0, 0.1) is 0 Å². The first-order valence-corrected chi connectivity index (χ1v) is 8.22. The molecule has 1 amide bonds. The first-order chi connectivity index (χ1) is 12.1. The number of carbonyl (C=O) groups is 2. The number of rotatable bonds is 7. The van der Waals surface area contributed by atoms with Gasteiger partial charge in [0.25, 0.3) is 5.91 Å². The number of amides is 1. The number of carbonyl (C=O) groups excluding carboxylic acids is 2. The number of esters is 1. The van der Waals surface area contributed by atoms with Gasteiger partial charge in [0, 0.05) is 19.8 Å². The number of hydrogen-bond donors (Lipinski definition) is 1. The van der Waals surface area contributed by atoms with Crippen LogP contribution in [0.2, 0.25) is 0 Å². The molecule has 0 saturated carbocycles. The van der Waals surface area contributed by atoms with Crippen LogP contribution in [-0.4, -0.2) is 42.5 Å². The van der Waals surface area contributed by atoms with Crippen LogP contribution in [0.4, 0.5) is 11.5 Å². The fraction of sp³-hybridized carbons (Fsp3) is 0.316. The van der Waals surface area contributed by atoms with E-state index in [2.05, 4.69) is 17.2 Å². The average Bonchev–Trinajstić information content (AvgIpc) is 2.66. The third-order valence-corrected chi connectivity index (χ3v) is 3.80. The number of anilines is 2. The van der Waals surface area contributed by atoms with E-state index in [0.29, 0.717) is 22.6 Å². The Morgan fingerprint density at radius 3 is 2.60 bits per heavy atom. The lowest BCUT2D eigenvalue weighted by molar-refractivity contribution is 0.0601. The fourth-order valence-corrected chi connectivity index (χ4v) is 2.33. The van der Waals surface area contributed by atoms with Crippen LogP contribution in [0.15, 0.2) is 42.6 Å². The van der Waals surface area contributed by atoms with Gasteiger partial charge in [-0.3, -0.25) is 4.79 Å². The molecular formula is C19H23N3O3. The molecule has 6 heteroatoms. The van der Waals surface area contributed by atoms with Crippen LogP contribution in [0.5, 0.6) is 0 Å². The highest BCUT2D eigenvalue weighted by atomic mass is 16.5. The number of unbranched alkanes of at least 4 members (excludes halogenated alkanes) is 1. The molecule has 0 bridgehead atoms. The van der Waals surface area contributed by atoms with Crippen molar-refractivity contribution in [2.24, 2.45) is 0 Å². The monoisotopic (exact) mass is 341 g/mol. The third kappa shape index (κ3) is 4.79. The number of nitrogens with one attached hydrogen (secondary N) is 1. The van der Waals surface area contributed by atoms with Crippen LogP contribution in [-0.2, 0) is 4.74 Å². The van der Waals surface area contributed by atoms with E-state index in [1.807, 2.05) is 6.07 Å². The maximum absolute atomic E-state index is 12.3. The Balaban J connectivity index is 2.11. The molecule has 0 atom stereocenters. The largest absolute Gasteiger partial charge is 0.465 e. The maximum atomic E-state index is 12.3. The van der Waals surface area contributed by atoms with Gasteiger partial charge in [-0.15, -0.1) is 0 Å². The molecule has 0 aliphatic carbocycles. The van der Waals surface area contributed by atoms with E-state index in [4.69, 9.17) is 4.74 Å². The molecule has 2 aromatic rings. The normalized spacial score (nSPS) is 10.2. The molecule has 2 rings (SSSR count). The molecule has 1 aromatic carbocycles.